The van der Waals surface area contributed by atoms with Crippen molar-refractivity contribution in [2.75, 3.05) is 18.0 Å². The largest absolute Gasteiger partial charge is 0.378 e. The molecule has 0 radical (unpaired) electrons. The van der Waals surface area contributed by atoms with Gasteiger partial charge in [0.1, 0.15) is 11.6 Å². The Morgan fingerprint density at radius 3 is 2.48 bits per heavy atom. The van der Waals surface area contributed by atoms with Crippen molar-refractivity contribution in [2.45, 2.75) is 44.8 Å². The second kappa shape index (κ2) is 9.46. The van der Waals surface area contributed by atoms with E-state index in [0.717, 1.165) is 37.3 Å². The number of amides is 1. The Morgan fingerprint density at radius 1 is 1.11 bits per heavy atom. The van der Waals surface area contributed by atoms with E-state index in [1.54, 1.807) is 6.20 Å². The van der Waals surface area contributed by atoms with Crippen LogP contribution in [0.5, 0.6) is 0 Å². The zero-order valence-electron chi connectivity index (χ0n) is 15.4. The van der Waals surface area contributed by atoms with Crippen LogP contribution in [0.2, 0.25) is 0 Å². The van der Waals surface area contributed by atoms with Crippen molar-refractivity contribution < 1.29 is 14.3 Å². The maximum Gasteiger partial charge on any atom is 0.253 e. The molecule has 5 nitrogen and oxygen atoms in total. The van der Waals surface area contributed by atoms with Crippen LogP contribution in [0.3, 0.4) is 0 Å². The number of pyridine rings is 1. The van der Waals surface area contributed by atoms with E-state index < -0.39 is 17.8 Å². The van der Waals surface area contributed by atoms with Crippen LogP contribution in [-0.2, 0) is 11.3 Å². The molecule has 144 valence electrons. The minimum Gasteiger partial charge on any atom is -0.378 e. The molecule has 1 aromatic heterocycles. The minimum absolute atomic E-state index is 0.288. The minimum atomic E-state index is -1.33. The molecule has 1 atom stereocenters. The predicted molar refractivity (Wildman–Crippen MR) is 103 cm³/mol. The van der Waals surface area contributed by atoms with E-state index in [4.69, 9.17) is 0 Å². The maximum atomic E-state index is 13.0. The highest BCUT2D eigenvalue weighted by molar-refractivity contribution is 5.82. The Morgan fingerprint density at radius 2 is 1.78 bits per heavy atom. The van der Waals surface area contributed by atoms with Gasteiger partial charge in [0, 0.05) is 31.4 Å². The van der Waals surface area contributed by atoms with E-state index in [2.05, 4.69) is 15.2 Å². The fraction of sp³-hybridized carbons (Fsp3) is 0.429. The standard InChI is InChI=1S/C21H26FN3O2/c22-18-10-8-16(9-11-18)19(26)21(27)24-15-17-7-6-12-23-20(17)25-13-4-2-1-3-5-14-25/h6-12,19,26H,1-5,13-15H2,(H,24,27). The van der Waals surface area contributed by atoms with Gasteiger partial charge in [-0.15, -0.1) is 0 Å². The maximum absolute atomic E-state index is 13.0. The third kappa shape index (κ3) is 5.26. The number of anilines is 1. The Labute approximate surface area is 159 Å². The Bertz CT molecular complexity index is 743. The first-order chi connectivity index (χ1) is 13.1. The number of benzene rings is 1. The average molecular weight is 371 g/mol. The number of hydrogen-bond donors (Lipinski definition) is 2. The third-order valence-corrected chi connectivity index (χ3v) is 4.91. The molecule has 3 rings (SSSR count). The number of rotatable bonds is 5. The molecule has 6 heteroatoms. The lowest BCUT2D eigenvalue weighted by molar-refractivity contribution is -0.129. The summed E-state index contributed by atoms with van der Waals surface area (Å²) >= 11 is 0. The summed E-state index contributed by atoms with van der Waals surface area (Å²) in [5.41, 5.74) is 1.29. The first kappa shape index (κ1) is 19.3. The van der Waals surface area contributed by atoms with Gasteiger partial charge in [-0.1, -0.05) is 37.5 Å². The molecule has 1 fully saturated rings. The zero-order valence-corrected chi connectivity index (χ0v) is 15.4. The Hall–Kier alpha value is -2.47. The van der Waals surface area contributed by atoms with E-state index >= 15 is 0 Å². The highest BCUT2D eigenvalue weighted by Gasteiger charge is 2.19. The molecule has 0 saturated carbocycles. The Balaban J connectivity index is 1.65. The van der Waals surface area contributed by atoms with Crippen LogP contribution < -0.4 is 10.2 Å². The highest BCUT2D eigenvalue weighted by atomic mass is 19.1. The van der Waals surface area contributed by atoms with Crippen molar-refractivity contribution in [3.8, 4) is 0 Å². The van der Waals surface area contributed by atoms with E-state index in [0.29, 0.717) is 5.56 Å². The van der Waals surface area contributed by atoms with Gasteiger partial charge >= 0.3 is 0 Å². The van der Waals surface area contributed by atoms with E-state index in [-0.39, 0.29) is 6.54 Å². The first-order valence-electron chi connectivity index (χ1n) is 9.55. The zero-order chi connectivity index (χ0) is 19.1. The van der Waals surface area contributed by atoms with Gasteiger partial charge in [0.2, 0.25) is 0 Å². The molecule has 0 bridgehead atoms. The van der Waals surface area contributed by atoms with Gasteiger partial charge in [0.25, 0.3) is 5.91 Å². The second-order valence-electron chi connectivity index (χ2n) is 6.91. The quantitative estimate of drug-likeness (QED) is 0.846. The molecular formula is C21H26FN3O2. The van der Waals surface area contributed by atoms with Crippen LogP contribution in [0.4, 0.5) is 10.2 Å². The van der Waals surface area contributed by atoms with Gasteiger partial charge in [0.05, 0.1) is 0 Å². The lowest BCUT2D eigenvalue weighted by Crippen LogP contribution is -2.32. The van der Waals surface area contributed by atoms with Gasteiger partial charge in [-0.25, -0.2) is 9.37 Å². The number of carbonyl (C=O) groups excluding carboxylic acids is 1. The molecular weight excluding hydrogens is 345 g/mol. The summed E-state index contributed by atoms with van der Waals surface area (Å²) in [5.74, 6) is -0.0142. The summed E-state index contributed by atoms with van der Waals surface area (Å²) in [6.45, 7) is 2.23. The molecule has 2 N–H and O–H groups in total. The molecule has 1 aliphatic heterocycles. The smallest absolute Gasteiger partial charge is 0.253 e. The van der Waals surface area contributed by atoms with Crippen LogP contribution in [0, 0.1) is 5.82 Å². The van der Waals surface area contributed by atoms with Gasteiger partial charge in [-0.2, -0.15) is 0 Å². The van der Waals surface area contributed by atoms with Gasteiger partial charge in [0.15, 0.2) is 6.10 Å². The highest BCUT2D eigenvalue weighted by Crippen LogP contribution is 2.21. The lowest BCUT2D eigenvalue weighted by atomic mass is 10.1. The first-order valence-corrected chi connectivity index (χ1v) is 9.55. The summed E-state index contributed by atoms with van der Waals surface area (Å²) in [5, 5.41) is 13.0. The number of nitrogens with zero attached hydrogens (tertiary/aromatic N) is 2. The molecule has 1 saturated heterocycles. The van der Waals surface area contributed by atoms with Crippen LogP contribution in [0.15, 0.2) is 42.6 Å². The molecule has 2 heterocycles. The van der Waals surface area contributed by atoms with E-state index in [1.807, 2.05) is 12.1 Å². The predicted octanol–water partition coefficient (Wildman–Crippen LogP) is 3.34. The molecule has 0 aliphatic carbocycles. The number of nitrogens with one attached hydrogen (secondary N) is 1. The number of hydrogen-bond acceptors (Lipinski definition) is 4. The van der Waals surface area contributed by atoms with Crippen LogP contribution in [-0.4, -0.2) is 29.1 Å². The summed E-state index contributed by atoms with van der Waals surface area (Å²) < 4.78 is 13.0. The molecule has 1 aliphatic rings. The van der Waals surface area contributed by atoms with E-state index in [9.17, 15) is 14.3 Å². The molecule has 1 aromatic carbocycles. The molecule has 27 heavy (non-hydrogen) atoms. The fourth-order valence-corrected chi connectivity index (χ4v) is 3.39. The van der Waals surface area contributed by atoms with E-state index in [1.165, 1.54) is 43.5 Å². The van der Waals surface area contributed by atoms with Crippen molar-refractivity contribution in [2.24, 2.45) is 0 Å². The van der Waals surface area contributed by atoms with Crippen molar-refractivity contribution in [3.63, 3.8) is 0 Å². The molecule has 0 spiro atoms. The summed E-state index contributed by atoms with van der Waals surface area (Å²) in [6, 6.07) is 9.08. The lowest BCUT2D eigenvalue weighted by Gasteiger charge is -2.27. The summed E-state index contributed by atoms with van der Waals surface area (Å²) in [6.07, 6.45) is 6.50. The van der Waals surface area contributed by atoms with Crippen LogP contribution in [0.1, 0.15) is 49.3 Å². The summed E-state index contributed by atoms with van der Waals surface area (Å²) in [4.78, 5) is 19.1. The van der Waals surface area contributed by atoms with Crippen molar-refractivity contribution in [1.29, 1.82) is 0 Å². The number of carbonyl (C=O) groups is 1. The number of aromatic nitrogens is 1. The van der Waals surface area contributed by atoms with Gasteiger partial charge in [-0.3, -0.25) is 4.79 Å². The topological polar surface area (TPSA) is 65.5 Å². The van der Waals surface area contributed by atoms with Crippen molar-refractivity contribution in [1.82, 2.24) is 10.3 Å². The molecule has 2 aromatic rings. The molecule has 1 amide bonds. The van der Waals surface area contributed by atoms with Gasteiger partial charge in [-0.05, 0) is 36.6 Å². The van der Waals surface area contributed by atoms with Crippen LogP contribution in [0.25, 0.3) is 0 Å². The third-order valence-electron chi connectivity index (χ3n) is 4.91. The monoisotopic (exact) mass is 371 g/mol. The van der Waals surface area contributed by atoms with Crippen LogP contribution >= 0.6 is 0 Å². The number of aliphatic hydroxyl groups excluding tert-OH is 1. The van der Waals surface area contributed by atoms with Crippen molar-refractivity contribution >= 4 is 11.7 Å². The average Bonchev–Trinajstić information content (AvgIpc) is 2.66. The van der Waals surface area contributed by atoms with Crippen molar-refractivity contribution in [3.05, 3.63) is 59.5 Å². The second-order valence-corrected chi connectivity index (χ2v) is 6.91. The Kier molecular flexibility index (Phi) is 6.76. The number of halogens is 1. The molecule has 1 unspecified atom stereocenters. The summed E-state index contributed by atoms with van der Waals surface area (Å²) in [7, 11) is 0. The fourth-order valence-electron chi connectivity index (χ4n) is 3.39. The SMILES string of the molecule is O=C(NCc1cccnc1N1CCCCCCC1)C(O)c1ccc(F)cc1. The normalized spacial score (nSPS) is 16.3. The van der Waals surface area contributed by atoms with Gasteiger partial charge < -0.3 is 15.3 Å². The number of aliphatic hydroxyl groups is 1.